The van der Waals surface area contributed by atoms with Crippen LogP contribution in [-0.2, 0) is 17.6 Å². The number of hydrogen-bond acceptors (Lipinski definition) is 2. The van der Waals surface area contributed by atoms with Gasteiger partial charge in [0.1, 0.15) is 5.75 Å². The molecule has 0 spiro atoms. The van der Waals surface area contributed by atoms with Gasteiger partial charge in [-0.3, -0.25) is 4.79 Å². The van der Waals surface area contributed by atoms with Gasteiger partial charge in [-0.05, 0) is 61.3 Å². The predicted molar refractivity (Wildman–Crippen MR) is 109 cm³/mol. The highest BCUT2D eigenvalue weighted by atomic mass is 16.5. The molecule has 0 fully saturated rings. The number of benzene rings is 3. The van der Waals surface area contributed by atoms with Crippen LogP contribution in [0.2, 0.25) is 0 Å². The van der Waals surface area contributed by atoms with Crippen LogP contribution in [0.3, 0.4) is 0 Å². The summed E-state index contributed by atoms with van der Waals surface area (Å²) in [6, 6.07) is 20.5. The molecule has 1 N–H and O–H groups in total. The second-order valence-electron chi connectivity index (χ2n) is 7.35. The van der Waals surface area contributed by atoms with Crippen LogP contribution in [0.1, 0.15) is 43.0 Å². The number of carbonyl (C=O) groups is 1. The van der Waals surface area contributed by atoms with Crippen LogP contribution < -0.4 is 10.1 Å². The summed E-state index contributed by atoms with van der Waals surface area (Å²) in [7, 11) is 0. The van der Waals surface area contributed by atoms with Gasteiger partial charge >= 0.3 is 0 Å². The van der Waals surface area contributed by atoms with Gasteiger partial charge < -0.3 is 10.1 Å². The molecule has 0 bridgehead atoms. The zero-order chi connectivity index (χ0) is 18.8. The fourth-order valence-corrected chi connectivity index (χ4v) is 3.82. The van der Waals surface area contributed by atoms with Crippen molar-refractivity contribution in [2.24, 2.45) is 0 Å². The molecule has 3 aromatic carbocycles. The van der Waals surface area contributed by atoms with Gasteiger partial charge in [-0.25, -0.2) is 0 Å². The largest absolute Gasteiger partial charge is 0.480 e. The van der Waals surface area contributed by atoms with Crippen LogP contribution in [0.5, 0.6) is 5.75 Å². The van der Waals surface area contributed by atoms with Gasteiger partial charge in [0.15, 0.2) is 6.10 Å². The van der Waals surface area contributed by atoms with Crippen molar-refractivity contribution in [3.05, 3.63) is 77.4 Å². The van der Waals surface area contributed by atoms with Gasteiger partial charge in [0.25, 0.3) is 5.91 Å². The van der Waals surface area contributed by atoms with E-state index >= 15 is 0 Å². The Bertz CT molecular complexity index is 974. The minimum atomic E-state index is -0.562. The lowest BCUT2D eigenvalue weighted by Gasteiger charge is -2.20. The summed E-state index contributed by atoms with van der Waals surface area (Å²) in [5.41, 5.74) is 4.03. The first kappa shape index (κ1) is 17.6. The third-order valence-electron chi connectivity index (χ3n) is 5.40. The van der Waals surface area contributed by atoms with E-state index in [0.29, 0.717) is 0 Å². The summed E-state index contributed by atoms with van der Waals surface area (Å²) in [5.74, 6) is 0.636. The summed E-state index contributed by atoms with van der Waals surface area (Å²) >= 11 is 0. The number of aryl methyl sites for hydroxylation is 2. The third-order valence-corrected chi connectivity index (χ3v) is 5.40. The van der Waals surface area contributed by atoms with Crippen molar-refractivity contribution in [2.45, 2.75) is 45.3 Å². The van der Waals surface area contributed by atoms with E-state index in [1.54, 1.807) is 6.92 Å². The molecular weight excluding hydrogens is 334 g/mol. The highest BCUT2D eigenvalue weighted by molar-refractivity contribution is 5.89. The SMILES string of the molecule is C[C@H](Oc1cccc2ccccc12)C(=O)N[C@H](C)c1ccc2c(c1)CCC2. The van der Waals surface area contributed by atoms with E-state index in [1.807, 2.05) is 49.4 Å². The number of carbonyl (C=O) groups excluding carboxylic acids is 1. The number of fused-ring (bicyclic) bond motifs is 2. The fourth-order valence-electron chi connectivity index (χ4n) is 3.82. The van der Waals surface area contributed by atoms with E-state index in [2.05, 4.69) is 23.5 Å². The van der Waals surface area contributed by atoms with Gasteiger partial charge in [0, 0.05) is 5.39 Å². The lowest BCUT2D eigenvalue weighted by Crippen LogP contribution is -2.37. The Morgan fingerprint density at radius 3 is 2.63 bits per heavy atom. The van der Waals surface area contributed by atoms with Crippen LogP contribution in [0.15, 0.2) is 60.7 Å². The van der Waals surface area contributed by atoms with Crippen molar-refractivity contribution in [2.75, 3.05) is 0 Å². The summed E-state index contributed by atoms with van der Waals surface area (Å²) in [5, 5.41) is 5.22. The summed E-state index contributed by atoms with van der Waals surface area (Å²) < 4.78 is 5.99. The molecule has 3 aromatic rings. The molecule has 0 aromatic heterocycles. The van der Waals surface area contributed by atoms with Crippen LogP contribution in [0, 0.1) is 0 Å². The highest BCUT2D eigenvalue weighted by Crippen LogP contribution is 2.27. The van der Waals surface area contributed by atoms with E-state index in [1.165, 1.54) is 24.0 Å². The van der Waals surface area contributed by atoms with E-state index in [0.717, 1.165) is 28.5 Å². The molecule has 0 saturated carbocycles. The normalized spacial score (nSPS) is 15.2. The molecular formula is C24H25NO2. The van der Waals surface area contributed by atoms with Gasteiger partial charge in [0.05, 0.1) is 6.04 Å². The monoisotopic (exact) mass is 359 g/mol. The molecule has 27 heavy (non-hydrogen) atoms. The maximum Gasteiger partial charge on any atom is 0.261 e. The average Bonchev–Trinajstić information content (AvgIpc) is 3.16. The molecule has 138 valence electrons. The quantitative estimate of drug-likeness (QED) is 0.698. The maximum absolute atomic E-state index is 12.7. The number of amides is 1. The molecule has 0 heterocycles. The Labute approximate surface area is 160 Å². The smallest absolute Gasteiger partial charge is 0.261 e. The molecule has 3 nitrogen and oxygen atoms in total. The lowest BCUT2D eigenvalue weighted by atomic mass is 10.0. The summed E-state index contributed by atoms with van der Waals surface area (Å²) in [4.78, 5) is 12.7. The minimum Gasteiger partial charge on any atom is -0.480 e. The second-order valence-corrected chi connectivity index (χ2v) is 7.35. The summed E-state index contributed by atoms with van der Waals surface area (Å²) in [6.45, 7) is 3.83. The van der Waals surface area contributed by atoms with Crippen LogP contribution in [-0.4, -0.2) is 12.0 Å². The number of ether oxygens (including phenoxy) is 1. The molecule has 2 atom stereocenters. The Morgan fingerprint density at radius 1 is 0.963 bits per heavy atom. The Hall–Kier alpha value is -2.81. The van der Waals surface area contributed by atoms with E-state index in [9.17, 15) is 4.79 Å². The molecule has 1 amide bonds. The van der Waals surface area contributed by atoms with E-state index < -0.39 is 6.10 Å². The van der Waals surface area contributed by atoms with Crippen molar-refractivity contribution in [1.82, 2.24) is 5.32 Å². The van der Waals surface area contributed by atoms with Crippen LogP contribution in [0.4, 0.5) is 0 Å². The third kappa shape index (κ3) is 3.68. The van der Waals surface area contributed by atoms with Gasteiger partial charge in [-0.15, -0.1) is 0 Å². The summed E-state index contributed by atoms with van der Waals surface area (Å²) in [6.07, 6.45) is 2.99. The van der Waals surface area contributed by atoms with E-state index in [-0.39, 0.29) is 11.9 Å². The maximum atomic E-state index is 12.7. The number of hydrogen-bond donors (Lipinski definition) is 1. The van der Waals surface area contributed by atoms with Crippen molar-refractivity contribution in [3.63, 3.8) is 0 Å². The van der Waals surface area contributed by atoms with Gasteiger partial charge in [-0.1, -0.05) is 54.6 Å². The minimum absolute atomic E-state index is 0.0398. The zero-order valence-electron chi connectivity index (χ0n) is 15.9. The number of rotatable bonds is 5. The predicted octanol–water partition coefficient (Wildman–Crippen LogP) is 4.97. The van der Waals surface area contributed by atoms with Crippen molar-refractivity contribution in [1.29, 1.82) is 0 Å². The van der Waals surface area contributed by atoms with E-state index in [4.69, 9.17) is 4.74 Å². The average molecular weight is 359 g/mol. The van der Waals surface area contributed by atoms with Crippen LogP contribution >= 0.6 is 0 Å². The molecule has 1 aliphatic rings. The molecule has 0 unspecified atom stereocenters. The standard InChI is InChI=1S/C24H25NO2/c1-16(20-14-13-18-8-5-10-21(18)15-20)25-24(26)17(2)27-23-12-6-9-19-7-3-4-11-22(19)23/h3-4,6-7,9,11-17H,5,8,10H2,1-2H3,(H,25,26)/t16-,17+/m1/s1. The van der Waals surface area contributed by atoms with Crippen molar-refractivity contribution >= 4 is 16.7 Å². The molecule has 0 aliphatic heterocycles. The topological polar surface area (TPSA) is 38.3 Å². The van der Waals surface area contributed by atoms with Crippen molar-refractivity contribution in [3.8, 4) is 5.75 Å². The second kappa shape index (κ2) is 7.43. The fraction of sp³-hybridized carbons (Fsp3) is 0.292. The van der Waals surface area contributed by atoms with Crippen molar-refractivity contribution < 1.29 is 9.53 Å². The Balaban J connectivity index is 1.44. The Morgan fingerprint density at radius 2 is 1.74 bits per heavy atom. The number of nitrogens with one attached hydrogen (secondary N) is 1. The first-order chi connectivity index (χ1) is 13.1. The molecule has 4 rings (SSSR count). The molecule has 0 saturated heterocycles. The van der Waals surface area contributed by atoms with Crippen LogP contribution in [0.25, 0.3) is 10.8 Å². The highest BCUT2D eigenvalue weighted by Gasteiger charge is 2.20. The van der Waals surface area contributed by atoms with Gasteiger partial charge in [0.2, 0.25) is 0 Å². The Kier molecular flexibility index (Phi) is 4.85. The first-order valence-corrected chi connectivity index (χ1v) is 9.68. The molecule has 0 radical (unpaired) electrons. The van der Waals surface area contributed by atoms with Gasteiger partial charge in [-0.2, -0.15) is 0 Å². The zero-order valence-corrected chi connectivity index (χ0v) is 15.9. The molecule has 1 aliphatic carbocycles. The first-order valence-electron chi connectivity index (χ1n) is 9.68. The lowest BCUT2D eigenvalue weighted by molar-refractivity contribution is -0.127. The molecule has 3 heteroatoms.